The Labute approximate surface area is 107 Å². The van der Waals surface area contributed by atoms with Gasteiger partial charge in [-0.1, -0.05) is 5.16 Å². The minimum Gasteiger partial charge on any atom is -0.480 e. The number of carbonyl (C=O) groups is 3. The normalized spacial score (nSPS) is 9.74. The van der Waals surface area contributed by atoms with Crippen LogP contribution in [0.3, 0.4) is 0 Å². The van der Waals surface area contributed by atoms with E-state index in [-0.39, 0.29) is 13.1 Å². The fourth-order valence-corrected chi connectivity index (χ4v) is 1.03. The molecule has 0 fully saturated rings. The van der Waals surface area contributed by atoms with Gasteiger partial charge in [0.25, 0.3) is 0 Å². The number of aromatic nitrogens is 2. The van der Waals surface area contributed by atoms with Crippen LogP contribution in [0.4, 0.5) is 4.79 Å². The van der Waals surface area contributed by atoms with Crippen molar-refractivity contribution in [2.75, 3.05) is 13.1 Å². The van der Waals surface area contributed by atoms with Gasteiger partial charge in [-0.15, -0.1) is 0 Å². The van der Waals surface area contributed by atoms with E-state index in [1.165, 1.54) is 0 Å². The minimum absolute atomic E-state index is 0.0555. The molecule has 1 aromatic rings. The first kappa shape index (κ1) is 14.4. The van der Waals surface area contributed by atoms with Crippen LogP contribution in [0.1, 0.15) is 11.7 Å². The Hall–Kier alpha value is -2.65. The van der Waals surface area contributed by atoms with E-state index in [1.54, 1.807) is 6.92 Å². The highest BCUT2D eigenvalue weighted by atomic mass is 16.5. The predicted molar refractivity (Wildman–Crippen MR) is 59.9 cm³/mol. The van der Waals surface area contributed by atoms with Crippen LogP contribution in [-0.4, -0.2) is 46.2 Å². The summed E-state index contributed by atoms with van der Waals surface area (Å²) in [6, 6.07) is -0.604. The Kier molecular flexibility index (Phi) is 5.26. The molecule has 3 amide bonds. The number of carboxylic acid groups (broad SMARTS) is 1. The number of urea groups is 1. The molecule has 0 aromatic carbocycles. The number of hydrogen-bond acceptors (Lipinski definition) is 6. The van der Waals surface area contributed by atoms with E-state index in [4.69, 9.17) is 9.63 Å². The Morgan fingerprint density at radius 2 is 1.95 bits per heavy atom. The van der Waals surface area contributed by atoms with Crippen molar-refractivity contribution >= 4 is 17.9 Å². The molecule has 4 N–H and O–H groups in total. The van der Waals surface area contributed by atoms with Crippen molar-refractivity contribution in [2.24, 2.45) is 0 Å². The van der Waals surface area contributed by atoms with Gasteiger partial charge in [-0.2, -0.15) is 4.98 Å². The molecule has 104 valence electrons. The van der Waals surface area contributed by atoms with Crippen molar-refractivity contribution in [1.29, 1.82) is 0 Å². The van der Waals surface area contributed by atoms with Gasteiger partial charge >= 0.3 is 12.0 Å². The molecule has 0 aliphatic rings. The Balaban J connectivity index is 2.17. The molecule has 1 aromatic heterocycles. The predicted octanol–water partition coefficient (Wildman–Crippen LogP) is -1.62. The lowest BCUT2D eigenvalue weighted by Gasteiger charge is -2.05. The zero-order valence-corrected chi connectivity index (χ0v) is 10.1. The van der Waals surface area contributed by atoms with Crippen LogP contribution in [0.2, 0.25) is 0 Å². The van der Waals surface area contributed by atoms with Crippen LogP contribution in [0.15, 0.2) is 4.52 Å². The van der Waals surface area contributed by atoms with Gasteiger partial charge < -0.3 is 25.6 Å². The largest absolute Gasteiger partial charge is 0.480 e. The molecular weight excluding hydrogens is 258 g/mol. The Morgan fingerprint density at radius 3 is 2.53 bits per heavy atom. The first-order valence-corrected chi connectivity index (χ1v) is 5.26. The van der Waals surface area contributed by atoms with Gasteiger partial charge in [-0.25, -0.2) is 4.79 Å². The third kappa shape index (κ3) is 6.00. The van der Waals surface area contributed by atoms with Gasteiger partial charge in [0.1, 0.15) is 6.54 Å². The lowest BCUT2D eigenvalue weighted by atomic mass is 10.5. The number of nitrogens with zero attached hydrogens (tertiary/aromatic N) is 2. The quantitative estimate of drug-likeness (QED) is 0.486. The Morgan fingerprint density at radius 1 is 1.21 bits per heavy atom. The van der Waals surface area contributed by atoms with E-state index in [0.717, 1.165) is 0 Å². The van der Waals surface area contributed by atoms with Crippen molar-refractivity contribution in [3.63, 3.8) is 0 Å². The molecule has 0 saturated carbocycles. The number of carbonyl (C=O) groups excluding carboxylic acids is 2. The van der Waals surface area contributed by atoms with E-state index in [0.29, 0.717) is 11.7 Å². The monoisotopic (exact) mass is 271 g/mol. The fraction of sp³-hybridized carbons (Fsp3) is 0.444. The van der Waals surface area contributed by atoms with Crippen LogP contribution in [0, 0.1) is 6.92 Å². The van der Waals surface area contributed by atoms with E-state index in [9.17, 15) is 14.4 Å². The molecule has 10 heteroatoms. The van der Waals surface area contributed by atoms with Crippen molar-refractivity contribution in [3.8, 4) is 0 Å². The summed E-state index contributed by atoms with van der Waals surface area (Å²) in [5, 5.41) is 18.6. The average Bonchev–Trinajstić information content (AvgIpc) is 2.77. The number of nitrogens with one attached hydrogen (secondary N) is 3. The third-order valence-corrected chi connectivity index (χ3v) is 1.82. The zero-order chi connectivity index (χ0) is 14.3. The highest BCUT2D eigenvalue weighted by Crippen LogP contribution is 1.93. The van der Waals surface area contributed by atoms with Crippen LogP contribution in [0.25, 0.3) is 0 Å². The summed E-state index contributed by atoms with van der Waals surface area (Å²) in [5.74, 6) is -1.08. The molecule has 0 atom stereocenters. The number of carboxylic acids is 1. The summed E-state index contributed by atoms with van der Waals surface area (Å²) in [7, 11) is 0. The number of aryl methyl sites for hydroxylation is 1. The van der Waals surface area contributed by atoms with Crippen molar-refractivity contribution < 1.29 is 24.0 Å². The highest BCUT2D eigenvalue weighted by molar-refractivity contribution is 5.86. The standard InChI is InChI=1S/C9H13N5O5/c1-5-13-6(14-19-5)2-11-9(18)12-3-7(15)10-4-8(16)17/h2-4H2,1H3,(H,10,15)(H,16,17)(H2,11,12,18). The molecule has 0 bridgehead atoms. The van der Waals surface area contributed by atoms with Crippen molar-refractivity contribution in [2.45, 2.75) is 13.5 Å². The molecule has 1 rings (SSSR count). The van der Waals surface area contributed by atoms with Gasteiger partial charge in [0, 0.05) is 6.92 Å². The van der Waals surface area contributed by atoms with E-state index in [1.807, 2.05) is 0 Å². The summed E-state index contributed by atoms with van der Waals surface area (Å²) in [4.78, 5) is 36.4. The molecule has 0 aliphatic carbocycles. The molecular formula is C9H13N5O5. The lowest BCUT2D eigenvalue weighted by Crippen LogP contribution is -2.42. The molecule has 19 heavy (non-hydrogen) atoms. The number of hydrogen-bond donors (Lipinski definition) is 4. The van der Waals surface area contributed by atoms with Crippen molar-refractivity contribution in [3.05, 3.63) is 11.7 Å². The first-order valence-electron chi connectivity index (χ1n) is 5.26. The van der Waals surface area contributed by atoms with Crippen LogP contribution < -0.4 is 16.0 Å². The van der Waals surface area contributed by atoms with Crippen molar-refractivity contribution in [1.82, 2.24) is 26.1 Å². The number of rotatable bonds is 6. The van der Waals surface area contributed by atoms with Gasteiger partial charge in [-0.05, 0) is 0 Å². The maximum atomic E-state index is 11.3. The van der Waals surface area contributed by atoms with E-state index in [2.05, 4.69) is 26.1 Å². The smallest absolute Gasteiger partial charge is 0.322 e. The second kappa shape index (κ2) is 6.93. The number of aliphatic carboxylic acids is 1. The summed E-state index contributed by atoms with van der Waals surface area (Å²) >= 11 is 0. The summed E-state index contributed by atoms with van der Waals surface area (Å²) in [5.41, 5.74) is 0. The van der Waals surface area contributed by atoms with Gasteiger partial charge in [0.2, 0.25) is 11.8 Å². The topological polar surface area (TPSA) is 146 Å². The van der Waals surface area contributed by atoms with E-state index < -0.39 is 24.5 Å². The van der Waals surface area contributed by atoms with Crippen LogP contribution in [-0.2, 0) is 16.1 Å². The van der Waals surface area contributed by atoms with Gasteiger partial charge in [0.15, 0.2) is 5.82 Å². The van der Waals surface area contributed by atoms with Crippen LogP contribution in [0.5, 0.6) is 0 Å². The average molecular weight is 271 g/mol. The van der Waals surface area contributed by atoms with Gasteiger partial charge in [0.05, 0.1) is 13.1 Å². The summed E-state index contributed by atoms with van der Waals surface area (Å²) in [6.07, 6.45) is 0. The highest BCUT2D eigenvalue weighted by Gasteiger charge is 2.08. The van der Waals surface area contributed by atoms with Gasteiger partial charge in [-0.3, -0.25) is 9.59 Å². The second-order valence-electron chi connectivity index (χ2n) is 3.44. The molecule has 0 radical (unpaired) electrons. The first-order chi connectivity index (χ1) is 8.97. The molecule has 1 heterocycles. The summed E-state index contributed by atoms with van der Waals surface area (Å²) in [6.45, 7) is 0.845. The molecule has 0 spiro atoms. The molecule has 0 saturated heterocycles. The minimum atomic E-state index is -1.16. The molecule has 0 unspecified atom stereocenters. The van der Waals surface area contributed by atoms with Crippen LogP contribution >= 0.6 is 0 Å². The molecule has 0 aliphatic heterocycles. The second-order valence-corrected chi connectivity index (χ2v) is 3.44. The zero-order valence-electron chi connectivity index (χ0n) is 10.1. The fourth-order valence-electron chi connectivity index (χ4n) is 1.03. The SMILES string of the molecule is Cc1nc(CNC(=O)NCC(=O)NCC(=O)O)no1. The maximum Gasteiger partial charge on any atom is 0.322 e. The Bertz CT molecular complexity index is 471. The number of amides is 3. The van der Waals surface area contributed by atoms with E-state index >= 15 is 0 Å². The maximum absolute atomic E-state index is 11.3. The molecule has 10 nitrogen and oxygen atoms in total. The third-order valence-electron chi connectivity index (χ3n) is 1.82. The summed E-state index contributed by atoms with van der Waals surface area (Å²) < 4.78 is 4.70. The lowest BCUT2D eigenvalue weighted by molar-refractivity contribution is -0.137.